The smallest absolute Gasteiger partial charge is 0.280 e. The minimum absolute atomic E-state index is 0.0163. The summed E-state index contributed by atoms with van der Waals surface area (Å²) >= 11 is 0. The van der Waals surface area contributed by atoms with Crippen LogP contribution in [0.1, 0.15) is 43.6 Å². The van der Waals surface area contributed by atoms with Gasteiger partial charge >= 0.3 is 0 Å². The van der Waals surface area contributed by atoms with Crippen LogP contribution in [0, 0.1) is 5.82 Å². The van der Waals surface area contributed by atoms with Gasteiger partial charge in [0.1, 0.15) is 5.82 Å². The van der Waals surface area contributed by atoms with Gasteiger partial charge in [-0.15, -0.1) is 5.10 Å². The first-order valence-electron chi connectivity index (χ1n) is 9.89. The molecule has 0 saturated carbocycles. The maximum atomic E-state index is 13.3. The molecule has 4 rings (SSSR count). The number of nitrogens with zero attached hydrogens (tertiary/aromatic N) is 6. The van der Waals surface area contributed by atoms with Crippen molar-refractivity contribution in [3.05, 3.63) is 47.7 Å². The lowest BCUT2D eigenvalue weighted by Gasteiger charge is -2.32. The third kappa shape index (κ3) is 4.49. The average Bonchev–Trinajstić information content (AvgIpc) is 3.38. The summed E-state index contributed by atoms with van der Waals surface area (Å²) in [6, 6.07) is 6.35. The Kier molecular flexibility index (Phi) is 5.64. The van der Waals surface area contributed by atoms with Crippen LogP contribution >= 0.6 is 0 Å². The average molecular weight is 398 g/mol. The van der Waals surface area contributed by atoms with Gasteiger partial charge in [0.25, 0.3) is 5.89 Å². The van der Waals surface area contributed by atoms with E-state index < -0.39 is 0 Å². The van der Waals surface area contributed by atoms with E-state index in [1.807, 2.05) is 15.8 Å². The third-order valence-electron chi connectivity index (χ3n) is 5.11. The highest BCUT2D eigenvalue weighted by molar-refractivity contribution is 5.78. The van der Waals surface area contributed by atoms with Crippen molar-refractivity contribution < 1.29 is 13.7 Å². The quantitative estimate of drug-likeness (QED) is 0.634. The van der Waals surface area contributed by atoms with E-state index in [1.165, 1.54) is 12.1 Å². The van der Waals surface area contributed by atoms with E-state index in [9.17, 15) is 9.18 Å². The summed E-state index contributed by atoms with van der Waals surface area (Å²) in [7, 11) is 0. The first-order chi connectivity index (χ1) is 14.1. The summed E-state index contributed by atoms with van der Waals surface area (Å²) in [5.74, 6) is 0.742. The van der Waals surface area contributed by atoms with Gasteiger partial charge in [-0.25, -0.2) is 9.07 Å². The van der Waals surface area contributed by atoms with Crippen molar-refractivity contribution in [3.63, 3.8) is 0 Å². The summed E-state index contributed by atoms with van der Waals surface area (Å²) in [6.07, 6.45) is 5.30. The van der Waals surface area contributed by atoms with E-state index >= 15 is 0 Å². The van der Waals surface area contributed by atoms with Crippen LogP contribution < -0.4 is 0 Å². The number of rotatable bonds is 6. The molecule has 9 heteroatoms. The van der Waals surface area contributed by atoms with Gasteiger partial charge in [0.15, 0.2) is 11.5 Å². The van der Waals surface area contributed by atoms with Crippen molar-refractivity contribution >= 4 is 5.91 Å². The highest BCUT2D eigenvalue weighted by Gasteiger charge is 2.25. The highest BCUT2D eigenvalue weighted by Crippen LogP contribution is 2.24. The normalized spacial score (nSPS) is 15.0. The molecule has 0 spiro atoms. The first kappa shape index (κ1) is 19.2. The third-order valence-corrected chi connectivity index (χ3v) is 5.11. The monoisotopic (exact) mass is 398 g/mol. The van der Waals surface area contributed by atoms with Crippen molar-refractivity contribution in [1.82, 2.24) is 30.0 Å². The number of aryl methyl sites for hydroxylation is 1. The Bertz CT molecular complexity index is 977. The van der Waals surface area contributed by atoms with Crippen LogP contribution in [0.3, 0.4) is 0 Å². The summed E-state index contributed by atoms with van der Waals surface area (Å²) in [5.41, 5.74) is 1.25. The van der Waals surface area contributed by atoms with Gasteiger partial charge in [-0.2, -0.15) is 4.98 Å². The van der Waals surface area contributed by atoms with E-state index in [0.29, 0.717) is 36.1 Å². The number of benzene rings is 1. The van der Waals surface area contributed by atoms with Gasteiger partial charge in [0.05, 0.1) is 18.7 Å². The van der Waals surface area contributed by atoms with Gasteiger partial charge in [0, 0.05) is 19.5 Å². The topological polar surface area (TPSA) is 89.9 Å². The Morgan fingerprint density at radius 1 is 1.31 bits per heavy atom. The molecule has 1 aliphatic heterocycles. The highest BCUT2D eigenvalue weighted by atomic mass is 19.1. The van der Waals surface area contributed by atoms with Crippen molar-refractivity contribution in [2.24, 2.45) is 0 Å². The fourth-order valence-corrected chi connectivity index (χ4v) is 3.55. The van der Waals surface area contributed by atoms with Gasteiger partial charge in [-0.3, -0.25) is 4.79 Å². The second-order valence-corrected chi connectivity index (χ2v) is 7.27. The number of hydrogen-bond donors (Lipinski definition) is 0. The summed E-state index contributed by atoms with van der Waals surface area (Å²) < 4.78 is 20.4. The van der Waals surface area contributed by atoms with Gasteiger partial charge in [-0.1, -0.05) is 29.4 Å². The molecule has 0 unspecified atom stereocenters. The Morgan fingerprint density at radius 2 is 2.14 bits per heavy atom. The van der Waals surface area contributed by atoms with Gasteiger partial charge in [0.2, 0.25) is 5.91 Å². The van der Waals surface area contributed by atoms with Crippen molar-refractivity contribution in [2.45, 2.75) is 45.1 Å². The molecular formula is C20H23FN6O2. The molecule has 29 heavy (non-hydrogen) atoms. The SMILES string of the molecule is CCCc1noc(-c2cn(C3CCN(C(=O)Cc4cccc(F)c4)CC3)nn2)n1. The van der Waals surface area contributed by atoms with Crippen molar-refractivity contribution in [1.29, 1.82) is 0 Å². The molecule has 1 amide bonds. The predicted octanol–water partition coefficient (Wildman–Crippen LogP) is 2.83. The zero-order chi connectivity index (χ0) is 20.2. The van der Waals surface area contributed by atoms with Crippen LogP contribution in [0.2, 0.25) is 0 Å². The molecule has 1 saturated heterocycles. The summed E-state index contributed by atoms with van der Waals surface area (Å²) in [6.45, 7) is 3.33. The molecule has 1 aromatic carbocycles. The molecular weight excluding hydrogens is 375 g/mol. The number of carbonyl (C=O) groups excluding carboxylic acids is 1. The van der Waals surface area contributed by atoms with Crippen LogP contribution in [-0.4, -0.2) is 49.0 Å². The Morgan fingerprint density at radius 3 is 2.90 bits per heavy atom. The molecule has 0 atom stereocenters. The van der Waals surface area contributed by atoms with Crippen LogP contribution in [0.15, 0.2) is 35.0 Å². The molecule has 0 N–H and O–H groups in total. The summed E-state index contributed by atoms with van der Waals surface area (Å²) in [4.78, 5) is 18.7. The standard InChI is InChI=1S/C20H23FN6O2/c1-2-4-18-22-20(29-24-18)17-13-27(25-23-17)16-7-9-26(10-8-16)19(28)12-14-5-3-6-15(21)11-14/h3,5-6,11,13,16H,2,4,7-10,12H2,1H3. The fraction of sp³-hybridized carbons (Fsp3) is 0.450. The number of hydrogen-bond acceptors (Lipinski definition) is 6. The van der Waals surface area contributed by atoms with Gasteiger partial charge < -0.3 is 9.42 Å². The predicted molar refractivity (Wildman–Crippen MR) is 102 cm³/mol. The molecule has 3 aromatic rings. The molecule has 0 aliphatic carbocycles. The molecule has 0 radical (unpaired) electrons. The lowest BCUT2D eigenvalue weighted by atomic mass is 10.0. The van der Waals surface area contributed by atoms with Crippen molar-refractivity contribution in [3.8, 4) is 11.6 Å². The second-order valence-electron chi connectivity index (χ2n) is 7.27. The van der Waals surface area contributed by atoms with E-state index in [0.717, 1.165) is 25.7 Å². The van der Waals surface area contributed by atoms with Crippen molar-refractivity contribution in [2.75, 3.05) is 13.1 Å². The number of aromatic nitrogens is 5. The summed E-state index contributed by atoms with van der Waals surface area (Å²) in [5, 5.41) is 12.3. The Hall–Kier alpha value is -3.10. The number of carbonyl (C=O) groups is 1. The molecule has 0 bridgehead atoms. The van der Waals surface area contributed by atoms with E-state index in [1.54, 1.807) is 12.1 Å². The van der Waals surface area contributed by atoms with E-state index in [-0.39, 0.29) is 24.2 Å². The zero-order valence-electron chi connectivity index (χ0n) is 16.3. The molecule has 3 heterocycles. The number of halogens is 1. The largest absolute Gasteiger partial charge is 0.342 e. The maximum absolute atomic E-state index is 13.3. The number of amides is 1. The first-order valence-corrected chi connectivity index (χ1v) is 9.89. The van der Waals surface area contributed by atoms with Crippen LogP contribution in [-0.2, 0) is 17.6 Å². The number of likely N-dealkylation sites (tertiary alicyclic amines) is 1. The zero-order valence-corrected chi connectivity index (χ0v) is 16.3. The lowest BCUT2D eigenvalue weighted by Crippen LogP contribution is -2.40. The molecule has 1 aliphatic rings. The molecule has 8 nitrogen and oxygen atoms in total. The van der Waals surface area contributed by atoms with Crippen LogP contribution in [0.5, 0.6) is 0 Å². The minimum atomic E-state index is -0.320. The fourth-order valence-electron chi connectivity index (χ4n) is 3.55. The second kappa shape index (κ2) is 8.50. The van der Waals surface area contributed by atoms with Crippen LogP contribution in [0.4, 0.5) is 4.39 Å². The van der Waals surface area contributed by atoms with Gasteiger partial charge in [-0.05, 0) is 37.0 Å². The Balaban J connectivity index is 1.33. The van der Waals surface area contributed by atoms with E-state index in [4.69, 9.17) is 4.52 Å². The maximum Gasteiger partial charge on any atom is 0.280 e. The molecule has 152 valence electrons. The minimum Gasteiger partial charge on any atom is -0.342 e. The lowest BCUT2D eigenvalue weighted by molar-refractivity contribution is -0.131. The van der Waals surface area contributed by atoms with E-state index in [2.05, 4.69) is 27.4 Å². The number of piperidine rings is 1. The molecule has 1 fully saturated rings. The van der Waals surface area contributed by atoms with Crippen LogP contribution in [0.25, 0.3) is 11.6 Å². The molecule has 2 aromatic heterocycles. The Labute approximate surface area is 167 Å².